The Bertz CT molecular complexity index is 473. The van der Waals surface area contributed by atoms with E-state index in [0.717, 1.165) is 5.56 Å². The van der Waals surface area contributed by atoms with Crippen LogP contribution >= 0.6 is 0 Å². The molecular weight excluding hydrogens is 207 g/mol. The van der Waals surface area contributed by atoms with E-state index >= 15 is 0 Å². The Balaban J connectivity index is 2.02. The van der Waals surface area contributed by atoms with E-state index in [2.05, 4.69) is 10.1 Å². The number of nitrogen functional groups attached to an aromatic ring is 1. The zero-order valence-electron chi connectivity index (χ0n) is 9.02. The highest BCUT2D eigenvalue weighted by atomic mass is 19.1. The predicted octanol–water partition coefficient (Wildman–Crippen LogP) is 1.32. The molecule has 2 N–H and O–H groups in total. The number of nitrogens with zero attached hydrogens (tertiary/aromatic N) is 3. The van der Waals surface area contributed by atoms with Gasteiger partial charge in [-0.2, -0.15) is 10.1 Å². The molecular formula is C11H13FN4. The molecule has 84 valence electrons. The van der Waals surface area contributed by atoms with Gasteiger partial charge in [-0.3, -0.25) is 0 Å². The highest BCUT2D eigenvalue weighted by Gasteiger charge is 2.04. The molecule has 0 saturated heterocycles. The van der Waals surface area contributed by atoms with Crippen LogP contribution in [0.25, 0.3) is 0 Å². The number of aryl methyl sites for hydroxylation is 3. The molecule has 5 heteroatoms. The highest BCUT2D eigenvalue weighted by molar-refractivity contribution is 5.19. The molecule has 0 amide bonds. The van der Waals surface area contributed by atoms with Gasteiger partial charge in [-0.25, -0.2) is 9.07 Å². The fourth-order valence-corrected chi connectivity index (χ4v) is 1.51. The molecule has 1 aromatic carbocycles. The standard InChI is InChI=1S/C11H13FN4/c1-16-11(13)14-10(15-16)6-5-8-3-2-4-9(12)7-8/h2-4,7H,5-6H2,1H3,(H2,13,14,15). The van der Waals surface area contributed by atoms with E-state index in [9.17, 15) is 4.39 Å². The minimum atomic E-state index is -0.217. The van der Waals surface area contributed by atoms with E-state index in [1.807, 2.05) is 6.07 Å². The van der Waals surface area contributed by atoms with Crippen LogP contribution in [0.1, 0.15) is 11.4 Å². The number of hydrogen-bond acceptors (Lipinski definition) is 3. The third-order valence-electron chi connectivity index (χ3n) is 2.37. The molecule has 0 saturated carbocycles. The molecule has 0 bridgehead atoms. The van der Waals surface area contributed by atoms with Crippen molar-refractivity contribution in [3.05, 3.63) is 41.5 Å². The summed E-state index contributed by atoms with van der Waals surface area (Å²) in [7, 11) is 1.74. The van der Waals surface area contributed by atoms with Crippen molar-refractivity contribution in [2.24, 2.45) is 7.05 Å². The van der Waals surface area contributed by atoms with Gasteiger partial charge in [-0.05, 0) is 24.1 Å². The summed E-state index contributed by atoms with van der Waals surface area (Å²) in [5.74, 6) is 0.865. The molecule has 0 aliphatic heterocycles. The largest absolute Gasteiger partial charge is 0.368 e. The van der Waals surface area contributed by atoms with Gasteiger partial charge in [-0.15, -0.1) is 0 Å². The van der Waals surface area contributed by atoms with Gasteiger partial charge in [0.25, 0.3) is 0 Å². The summed E-state index contributed by atoms with van der Waals surface area (Å²) >= 11 is 0. The fraction of sp³-hybridized carbons (Fsp3) is 0.273. The zero-order valence-corrected chi connectivity index (χ0v) is 9.02. The molecule has 2 rings (SSSR count). The van der Waals surface area contributed by atoms with Crippen molar-refractivity contribution in [3.8, 4) is 0 Å². The lowest BCUT2D eigenvalue weighted by Crippen LogP contribution is -1.98. The molecule has 0 radical (unpaired) electrons. The summed E-state index contributed by atoms with van der Waals surface area (Å²) in [5.41, 5.74) is 6.50. The van der Waals surface area contributed by atoms with Crippen molar-refractivity contribution < 1.29 is 4.39 Å². The summed E-state index contributed by atoms with van der Waals surface area (Å²) in [6.07, 6.45) is 1.37. The Morgan fingerprint density at radius 1 is 1.38 bits per heavy atom. The molecule has 1 heterocycles. The maximum Gasteiger partial charge on any atom is 0.218 e. The topological polar surface area (TPSA) is 56.7 Å². The molecule has 0 aliphatic rings. The van der Waals surface area contributed by atoms with Crippen LogP contribution in [0, 0.1) is 5.82 Å². The third kappa shape index (κ3) is 2.36. The number of aromatic nitrogens is 3. The monoisotopic (exact) mass is 220 g/mol. The van der Waals surface area contributed by atoms with Crippen LogP contribution in [-0.4, -0.2) is 14.8 Å². The highest BCUT2D eigenvalue weighted by Crippen LogP contribution is 2.07. The van der Waals surface area contributed by atoms with Crippen molar-refractivity contribution in [1.82, 2.24) is 14.8 Å². The lowest BCUT2D eigenvalue weighted by Gasteiger charge is -1.98. The van der Waals surface area contributed by atoms with Gasteiger partial charge >= 0.3 is 0 Å². The normalized spacial score (nSPS) is 10.6. The van der Waals surface area contributed by atoms with Crippen LogP contribution in [0.2, 0.25) is 0 Å². The van der Waals surface area contributed by atoms with Crippen LogP contribution in [0.15, 0.2) is 24.3 Å². The second kappa shape index (κ2) is 4.30. The molecule has 16 heavy (non-hydrogen) atoms. The van der Waals surface area contributed by atoms with Gasteiger partial charge in [0.05, 0.1) is 0 Å². The fourth-order valence-electron chi connectivity index (χ4n) is 1.51. The zero-order chi connectivity index (χ0) is 11.5. The number of benzene rings is 1. The van der Waals surface area contributed by atoms with Crippen LogP contribution in [0.5, 0.6) is 0 Å². The van der Waals surface area contributed by atoms with Crippen molar-refractivity contribution in [1.29, 1.82) is 0 Å². The van der Waals surface area contributed by atoms with Crippen LogP contribution in [0.4, 0.5) is 10.3 Å². The smallest absolute Gasteiger partial charge is 0.218 e. The first-order chi connectivity index (χ1) is 7.65. The maximum atomic E-state index is 12.9. The van der Waals surface area contributed by atoms with Crippen LogP contribution in [-0.2, 0) is 19.9 Å². The number of anilines is 1. The molecule has 0 fully saturated rings. The van der Waals surface area contributed by atoms with E-state index in [1.54, 1.807) is 13.1 Å². The molecule has 0 spiro atoms. The lowest BCUT2D eigenvalue weighted by atomic mass is 10.1. The van der Waals surface area contributed by atoms with Gasteiger partial charge < -0.3 is 5.73 Å². The number of nitrogens with two attached hydrogens (primary N) is 1. The Morgan fingerprint density at radius 3 is 2.81 bits per heavy atom. The lowest BCUT2D eigenvalue weighted by molar-refractivity contribution is 0.625. The first-order valence-corrected chi connectivity index (χ1v) is 5.05. The molecule has 0 aliphatic carbocycles. The first-order valence-electron chi connectivity index (χ1n) is 5.05. The van der Waals surface area contributed by atoms with Gasteiger partial charge in [0.2, 0.25) is 5.95 Å². The molecule has 1 aromatic heterocycles. The summed E-state index contributed by atoms with van der Waals surface area (Å²) in [6, 6.07) is 6.53. The summed E-state index contributed by atoms with van der Waals surface area (Å²) in [6.45, 7) is 0. The van der Waals surface area contributed by atoms with Gasteiger partial charge in [-0.1, -0.05) is 12.1 Å². The van der Waals surface area contributed by atoms with Gasteiger partial charge in [0.1, 0.15) is 5.82 Å². The van der Waals surface area contributed by atoms with E-state index < -0.39 is 0 Å². The average Bonchev–Trinajstić information content (AvgIpc) is 2.56. The van der Waals surface area contributed by atoms with Crippen molar-refractivity contribution in [2.75, 3.05) is 5.73 Å². The molecule has 0 atom stereocenters. The molecule has 2 aromatic rings. The van der Waals surface area contributed by atoms with Crippen molar-refractivity contribution in [2.45, 2.75) is 12.8 Å². The maximum absolute atomic E-state index is 12.9. The van der Waals surface area contributed by atoms with E-state index in [0.29, 0.717) is 24.6 Å². The predicted molar refractivity (Wildman–Crippen MR) is 59.2 cm³/mol. The number of hydrogen-bond donors (Lipinski definition) is 1. The first kappa shape index (κ1) is 10.6. The Labute approximate surface area is 92.9 Å². The minimum Gasteiger partial charge on any atom is -0.368 e. The SMILES string of the molecule is Cn1nc(CCc2cccc(F)c2)nc1N. The third-order valence-corrected chi connectivity index (χ3v) is 2.37. The van der Waals surface area contributed by atoms with Crippen LogP contribution in [0.3, 0.4) is 0 Å². The van der Waals surface area contributed by atoms with Gasteiger partial charge in [0, 0.05) is 13.5 Å². The summed E-state index contributed by atoms with van der Waals surface area (Å²) in [5, 5.41) is 4.13. The number of rotatable bonds is 3. The van der Waals surface area contributed by atoms with E-state index in [-0.39, 0.29) is 5.82 Å². The Hall–Kier alpha value is -1.91. The van der Waals surface area contributed by atoms with Crippen LogP contribution < -0.4 is 5.73 Å². The minimum absolute atomic E-state index is 0.217. The van der Waals surface area contributed by atoms with Crippen molar-refractivity contribution in [3.63, 3.8) is 0 Å². The number of halogens is 1. The Morgan fingerprint density at radius 2 is 2.19 bits per heavy atom. The van der Waals surface area contributed by atoms with Crippen molar-refractivity contribution >= 4 is 5.95 Å². The summed E-state index contributed by atoms with van der Waals surface area (Å²) < 4.78 is 14.4. The quantitative estimate of drug-likeness (QED) is 0.848. The second-order valence-corrected chi connectivity index (χ2v) is 3.64. The molecule has 0 unspecified atom stereocenters. The van der Waals surface area contributed by atoms with Gasteiger partial charge in [0.15, 0.2) is 5.82 Å². The summed E-state index contributed by atoms with van der Waals surface area (Å²) in [4.78, 5) is 4.08. The average molecular weight is 220 g/mol. The van der Waals surface area contributed by atoms with E-state index in [4.69, 9.17) is 5.73 Å². The Kier molecular flexibility index (Phi) is 2.85. The second-order valence-electron chi connectivity index (χ2n) is 3.64. The van der Waals surface area contributed by atoms with E-state index in [1.165, 1.54) is 16.8 Å². The molecule has 4 nitrogen and oxygen atoms in total.